The Morgan fingerprint density at radius 3 is 1.52 bits per heavy atom. The molecule has 160 valence electrons. The Bertz CT molecular complexity index is 886. The molecule has 2 rings (SSSR count). The fourth-order valence-corrected chi connectivity index (χ4v) is 6.81. The number of hydrogen-bond donors (Lipinski definition) is 0. The zero-order valence-electron chi connectivity index (χ0n) is 19.5. The van der Waals surface area contributed by atoms with Gasteiger partial charge in [-0.1, -0.05) is 24.3 Å². The third-order valence-corrected chi connectivity index (χ3v) is 8.44. The van der Waals surface area contributed by atoms with Gasteiger partial charge in [-0.3, -0.25) is 14.0 Å². The van der Waals surface area contributed by atoms with Gasteiger partial charge in [-0.25, -0.2) is 9.74 Å². The van der Waals surface area contributed by atoms with Crippen LogP contribution in [0, 0.1) is 0 Å². The molecular weight excluding hydrogens is 381 g/mol. The lowest BCUT2D eigenvalue weighted by atomic mass is 10.1. The van der Waals surface area contributed by atoms with Gasteiger partial charge in [0.05, 0.1) is 11.4 Å². The number of hydrogen-bond acceptors (Lipinski definition) is 2. The lowest BCUT2D eigenvalue weighted by Gasteiger charge is -2.41. The predicted molar refractivity (Wildman–Crippen MR) is 128 cm³/mol. The second kappa shape index (κ2) is 9.26. The minimum Gasteiger partial charge on any atom is -0.349 e. The van der Waals surface area contributed by atoms with E-state index < -0.39 is 7.51 Å². The van der Waals surface area contributed by atoms with Crippen LogP contribution >= 0.6 is 7.51 Å². The van der Waals surface area contributed by atoms with E-state index in [-0.39, 0.29) is 0 Å². The molecular formula is C21H36N7P. The fourth-order valence-electron chi connectivity index (χ4n) is 3.67. The molecule has 2 aromatic carbocycles. The molecule has 8 heteroatoms. The van der Waals surface area contributed by atoms with Crippen LogP contribution in [0.1, 0.15) is 0 Å². The first-order valence-electron chi connectivity index (χ1n) is 9.63. The maximum absolute atomic E-state index is 5.37. The molecule has 0 radical (unpaired) electrons. The van der Waals surface area contributed by atoms with Crippen molar-refractivity contribution in [3.05, 3.63) is 36.4 Å². The van der Waals surface area contributed by atoms with Crippen molar-refractivity contribution in [2.24, 2.45) is 9.74 Å². The minimum absolute atomic E-state index is 0.890. The highest BCUT2D eigenvalue weighted by molar-refractivity contribution is 7.59. The highest BCUT2D eigenvalue weighted by Crippen LogP contribution is 2.57. The third-order valence-electron chi connectivity index (χ3n) is 4.73. The van der Waals surface area contributed by atoms with Crippen LogP contribution in [0.3, 0.4) is 0 Å². The highest BCUT2D eigenvalue weighted by atomic mass is 31.2. The summed E-state index contributed by atoms with van der Waals surface area (Å²) in [4.78, 5) is 9.04. The zero-order valence-corrected chi connectivity index (χ0v) is 20.4. The maximum atomic E-state index is 5.37. The van der Waals surface area contributed by atoms with Crippen LogP contribution in [-0.4, -0.2) is 100 Å². The Morgan fingerprint density at radius 2 is 1.10 bits per heavy atom. The van der Waals surface area contributed by atoms with Crippen LogP contribution in [0.2, 0.25) is 0 Å². The molecule has 0 atom stereocenters. The zero-order chi connectivity index (χ0) is 21.9. The molecule has 0 unspecified atom stereocenters. The van der Waals surface area contributed by atoms with Crippen LogP contribution in [0.5, 0.6) is 0 Å². The molecule has 0 aliphatic heterocycles. The second-order valence-electron chi connectivity index (χ2n) is 8.03. The van der Waals surface area contributed by atoms with E-state index in [2.05, 4.69) is 92.7 Å². The molecule has 0 aromatic heterocycles. The molecule has 0 spiro atoms. The Hall–Kier alpha value is -1.92. The Balaban J connectivity index is 2.91. The van der Waals surface area contributed by atoms with E-state index in [1.165, 1.54) is 0 Å². The average molecular weight is 418 g/mol. The van der Waals surface area contributed by atoms with Crippen LogP contribution in [0.25, 0.3) is 10.8 Å². The predicted octanol–water partition coefficient (Wildman–Crippen LogP) is 4.21. The largest absolute Gasteiger partial charge is 0.349 e. The van der Waals surface area contributed by atoms with Crippen molar-refractivity contribution in [3.8, 4) is 0 Å². The Morgan fingerprint density at radius 1 is 0.655 bits per heavy atom. The number of benzene rings is 2. The van der Waals surface area contributed by atoms with E-state index in [9.17, 15) is 0 Å². The molecule has 7 nitrogen and oxygen atoms in total. The topological polar surface area (TPSA) is 40.9 Å². The second-order valence-corrected chi connectivity index (χ2v) is 11.7. The summed E-state index contributed by atoms with van der Waals surface area (Å²) in [6.45, 7) is 0. The average Bonchev–Trinajstić information content (AvgIpc) is 2.62. The molecule has 0 fully saturated rings. The minimum atomic E-state index is -2.07. The quantitative estimate of drug-likeness (QED) is 0.414. The summed E-state index contributed by atoms with van der Waals surface area (Å²) in [7, 11) is 18.5. The van der Waals surface area contributed by atoms with Gasteiger partial charge in [-0.15, -0.1) is 0 Å². The van der Waals surface area contributed by atoms with Crippen LogP contribution in [-0.2, 0) is 0 Å². The van der Waals surface area contributed by atoms with E-state index in [1.54, 1.807) is 0 Å². The molecule has 0 N–H and O–H groups in total. The number of guanidine groups is 1. The van der Waals surface area contributed by atoms with E-state index >= 15 is 0 Å². The van der Waals surface area contributed by atoms with Crippen molar-refractivity contribution < 1.29 is 0 Å². The summed E-state index contributed by atoms with van der Waals surface area (Å²) >= 11 is 0. The molecule has 0 aliphatic rings. The molecule has 2 aromatic rings. The number of rotatable bonds is 5. The Labute approximate surface area is 176 Å². The number of fused-ring (bicyclic) bond motifs is 1. The van der Waals surface area contributed by atoms with Crippen molar-refractivity contribution >= 4 is 35.6 Å². The normalized spacial score (nSPS) is 12.0. The van der Waals surface area contributed by atoms with Crippen molar-refractivity contribution in [1.82, 2.24) is 23.8 Å². The number of aliphatic imine (C=N–C) groups is 1. The Kier molecular flexibility index (Phi) is 7.46. The summed E-state index contributed by atoms with van der Waals surface area (Å²) < 4.78 is 12.0. The lowest BCUT2D eigenvalue weighted by molar-refractivity contribution is 0.474. The summed E-state index contributed by atoms with van der Waals surface area (Å²) in [5, 5.41) is 2.21. The van der Waals surface area contributed by atoms with Gasteiger partial charge in [-0.2, -0.15) is 0 Å². The first-order chi connectivity index (χ1) is 13.5. The van der Waals surface area contributed by atoms with Gasteiger partial charge in [0, 0.05) is 33.6 Å². The molecule has 29 heavy (non-hydrogen) atoms. The van der Waals surface area contributed by atoms with Crippen molar-refractivity contribution in [2.45, 2.75) is 0 Å². The first-order valence-corrected chi connectivity index (χ1v) is 11.2. The van der Waals surface area contributed by atoms with Gasteiger partial charge in [0.25, 0.3) is 0 Å². The van der Waals surface area contributed by atoms with Crippen LogP contribution in [0.15, 0.2) is 46.1 Å². The molecule has 0 amide bonds. The van der Waals surface area contributed by atoms with Gasteiger partial charge in [0.1, 0.15) is 0 Å². The van der Waals surface area contributed by atoms with E-state index in [0.29, 0.717) is 0 Å². The van der Waals surface area contributed by atoms with Crippen molar-refractivity contribution in [3.63, 3.8) is 0 Å². The van der Waals surface area contributed by atoms with E-state index in [0.717, 1.165) is 28.1 Å². The summed E-state index contributed by atoms with van der Waals surface area (Å²) in [6, 6.07) is 12.5. The molecule has 0 saturated heterocycles. The van der Waals surface area contributed by atoms with E-state index in [4.69, 9.17) is 9.74 Å². The molecule has 0 saturated carbocycles. The molecule has 0 aliphatic carbocycles. The smallest absolute Gasteiger partial charge is 0.200 e. The maximum Gasteiger partial charge on any atom is 0.200 e. The SMILES string of the molecule is CN(C)C(=Nc1cccc2cccc(N=P(N(C)C)(N(C)C)N(C)C)c12)N(C)C. The number of nitrogens with zero attached hydrogens (tertiary/aromatic N) is 7. The van der Waals surface area contributed by atoms with Gasteiger partial charge in [0.2, 0.25) is 5.96 Å². The fraction of sp³-hybridized carbons (Fsp3) is 0.476. The van der Waals surface area contributed by atoms with E-state index in [1.807, 2.05) is 38.0 Å². The summed E-state index contributed by atoms with van der Waals surface area (Å²) in [5.74, 6) is 0.890. The van der Waals surface area contributed by atoms with Crippen LogP contribution in [0.4, 0.5) is 11.4 Å². The summed E-state index contributed by atoms with van der Waals surface area (Å²) in [6.07, 6.45) is 0. The van der Waals surface area contributed by atoms with Gasteiger partial charge in [0.15, 0.2) is 7.51 Å². The third kappa shape index (κ3) is 4.64. The van der Waals surface area contributed by atoms with Gasteiger partial charge in [-0.05, 0) is 59.8 Å². The summed E-state index contributed by atoms with van der Waals surface area (Å²) in [5.41, 5.74) is 1.89. The van der Waals surface area contributed by atoms with Crippen molar-refractivity contribution in [2.75, 3.05) is 70.5 Å². The highest BCUT2D eigenvalue weighted by Gasteiger charge is 2.29. The van der Waals surface area contributed by atoms with Crippen molar-refractivity contribution in [1.29, 1.82) is 0 Å². The lowest BCUT2D eigenvalue weighted by Crippen LogP contribution is -2.35. The monoisotopic (exact) mass is 417 g/mol. The molecule has 0 bridgehead atoms. The molecule has 0 heterocycles. The first kappa shape index (κ1) is 23.4. The standard InChI is InChI=1S/C21H36N7P/c1-24(2)21(25(3)4)22-18-15-11-13-17-14-12-16-19(20(17)18)23-29(26(5)6,27(7)8)28(9)10/h11-16H,1-10H3. The van der Waals surface area contributed by atoms with Gasteiger partial charge >= 0.3 is 0 Å². The van der Waals surface area contributed by atoms with Crippen LogP contribution < -0.4 is 0 Å². The van der Waals surface area contributed by atoms with Gasteiger partial charge < -0.3 is 9.80 Å².